The fourth-order valence-electron chi connectivity index (χ4n) is 1.47. The molecule has 1 atom stereocenters. The number of fused-ring (bicyclic) bond motifs is 1. The van der Waals surface area contributed by atoms with Crippen LogP contribution in [0.25, 0.3) is 0 Å². The van der Waals surface area contributed by atoms with E-state index in [9.17, 15) is 9.90 Å². The minimum Gasteiger partial charge on any atom is -0.425 e. The van der Waals surface area contributed by atoms with E-state index < -0.39 is 11.8 Å². The Labute approximate surface area is 74.9 Å². The predicted octanol–water partition coefficient (Wildman–Crippen LogP) is 0.604. The zero-order valence-electron chi connectivity index (χ0n) is 7.07. The first-order valence-electron chi connectivity index (χ1n) is 3.87. The molecular formula is C9H9NO3. The number of carbonyl (C=O) groups excluding carboxylic acids is 1. The van der Waals surface area contributed by atoms with Crippen LogP contribution in [0.5, 0.6) is 0 Å². The third-order valence-electron chi connectivity index (χ3n) is 2.09. The van der Waals surface area contributed by atoms with Gasteiger partial charge in [0, 0.05) is 18.2 Å². The lowest BCUT2D eigenvalue weighted by Crippen LogP contribution is -2.20. The van der Waals surface area contributed by atoms with E-state index in [0.29, 0.717) is 11.3 Å². The molecule has 1 aliphatic rings. The molecule has 1 aromatic rings. The molecule has 4 nitrogen and oxygen atoms in total. The van der Waals surface area contributed by atoms with Gasteiger partial charge in [0.15, 0.2) is 0 Å². The van der Waals surface area contributed by atoms with E-state index in [1.165, 1.54) is 6.92 Å². The van der Waals surface area contributed by atoms with Crippen molar-refractivity contribution in [3.63, 3.8) is 0 Å². The summed E-state index contributed by atoms with van der Waals surface area (Å²) >= 11 is 0. The van der Waals surface area contributed by atoms with Gasteiger partial charge in [-0.2, -0.15) is 0 Å². The Hall–Kier alpha value is -1.55. The number of aliphatic hydroxyl groups is 1. The molecule has 1 heterocycles. The van der Waals surface area contributed by atoms with Crippen molar-refractivity contribution < 1.29 is 14.6 Å². The molecule has 2 rings (SSSR count). The largest absolute Gasteiger partial charge is 0.425 e. The van der Waals surface area contributed by atoms with Crippen molar-refractivity contribution in [2.45, 2.75) is 12.7 Å². The standard InChI is InChI=1S/C9H9NO3/c1-9(12)5-3-2-4-6(10)7(5)8(11)13-9/h2-4,12H,10H2,1H3. The molecule has 0 amide bonds. The number of benzene rings is 1. The van der Waals surface area contributed by atoms with Gasteiger partial charge < -0.3 is 15.6 Å². The Balaban J connectivity index is 2.72. The van der Waals surface area contributed by atoms with Gasteiger partial charge in [-0.3, -0.25) is 0 Å². The maximum absolute atomic E-state index is 11.2. The van der Waals surface area contributed by atoms with Crippen LogP contribution in [-0.4, -0.2) is 11.1 Å². The van der Waals surface area contributed by atoms with Crippen molar-refractivity contribution >= 4 is 11.7 Å². The van der Waals surface area contributed by atoms with Crippen LogP contribution >= 0.6 is 0 Å². The Morgan fingerprint density at radius 2 is 2.23 bits per heavy atom. The molecule has 1 aliphatic heterocycles. The minimum absolute atomic E-state index is 0.271. The smallest absolute Gasteiger partial charge is 0.343 e. The Morgan fingerprint density at radius 3 is 2.85 bits per heavy atom. The highest BCUT2D eigenvalue weighted by molar-refractivity contribution is 5.99. The van der Waals surface area contributed by atoms with E-state index in [2.05, 4.69) is 0 Å². The zero-order chi connectivity index (χ0) is 9.64. The lowest BCUT2D eigenvalue weighted by molar-refractivity contribution is -0.147. The number of nitrogens with two attached hydrogens (primary N) is 1. The van der Waals surface area contributed by atoms with Crippen molar-refractivity contribution in [3.05, 3.63) is 29.3 Å². The maximum Gasteiger partial charge on any atom is 0.343 e. The second kappa shape index (κ2) is 2.23. The number of hydrogen-bond acceptors (Lipinski definition) is 4. The third-order valence-corrected chi connectivity index (χ3v) is 2.09. The topological polar surface area (TPSA) is 72.5 Å². The molecule has 3 N–H and O–H groups in total. The van der Waals surface area contributed by atoms with Crippen molar-refractivity contribution in [1.29, 1.82) is 0 Å². The Morgan fingerprint density at radius 1 is 1.54 bits per heavy atom. The monoisotopic (exact) mass is 179 g/mol. The van der Waals surface area contributed by atoms with E-state index in [-0.39, 0.29) is 5.56 Å². The van der Waals surface area contributed by atoms with Gasteiger partial charge in [-0.25, -0.2) is 4.79 Å². The molecule has 0 saturated carbocycles. The van der Waals surface area contributed by atoms with Crippen LogP contribution in [0.2, 0.25) is 0 Å². The van der Waals surface area contributed by atoms with E-state index in [4.69, 9.17) is 10.5 Å². The number of nitrogen functional groups attached to an aromatic ring is 1. The molecule has 13 heavy (non-hydrogen) atoms. The number of ether oxygens (including phenoxy) is 1. The normalized spacial score (nSPS) is 25.5. The lowest BCUT2D eigenvalue weighted by atomic mass is 10.0. The molecular weight excluding hydrogens is 170 g/mol. The molecule has 4 heteroatoms. The number of carbonyl (C=O) groups is 1. The van der Waals surface area contributed by atoms with E-state index >= 15 is 0 Å². The summed E-state index contributed by atoms with van der Waals surface area (Å²) < 4.78 is 4.74. The average Bonchev–Trinajstić information content (AvgIpc) is 2.24. The molecule has 0 aromatic heterocycles. The summed E-state index contributed by atoms with van der Waals surface area (Å²) in [5.74, 6) is -2.11. The Bertz CT molecular complexity index is 384. The second-order valence-corrected chi connectivity index (χ2v) is 3.14. The maximum atomic E-state index is 11.2. The first-order chi connectivity index (χ1) is 6.02. The number of esters is 1. The molecule has 0 saturated heterocycles. The van der Waals surface area contributed by atoms with Crippen LogP contribution in [0.3, 0.4) is 0 Å². The van der Waals surface area contributed by atoms with Crippen molar-refractivity contribution in [2.24, 2.45) is 0 Å². The van der Waals surface area contributed by atoms with Crippen LogP contribution in [0, 0.1) is 0 Å². The highest BCUT2D eigenvalue weighted by atomic mass is 16.7. The van der Waals surface area contributed by atoms with Gasteiger partial charge in [-0.05, 0) is 6.07 Å². The summed E-state index contributed by atoms with van der Waals surface area (Å²) in [6, 6.07) is 4.89. The first-order valence-corrected chi connectivity index (χ1v) is 3.87. The summed E-state index contributed by atoms with van der Waals surface area (Å²) in [5, 5.41) is 9.64. The van der Waals surface area contributed by atoms with Crippen LogP contribution in [0.15, 0.2) is 18.2 Å². The summed E-state index contributed by atoms with van der Waals surface area (Å²) in [5.41, 5.74) is 6.60. The summed E-state index contributed by atoms with van der Waals surface area (Å²) in [6.45, 7) is 1.41. The van der Waals surface area contributed by atoms with Gasteiger partial charge in [0.25, 0.3) is 0 Å². The minimum atomic E-state index is -1.54. The molecule has 0 radical (unpaired) electrons. The van der Waals surface area contributed by atoms with Gasteiger partial charge in [0.05, 0.1) is 5.56 Å². The van der Waals surface area contributed by atoms with Crippen LogP contribution < -0.4 is 5.73 Å². The molecule has 1 aromatic carbocycles. The fourth-order valence-corrected chi connectivity index (χ4v) is 1.47. The number of cyclic esters (lactones) is 1. The average molecular weight is 179 g/mol. The first kappa shape index (κ1) is 8.07. The predicted molar refractivity (Wildman–Crippen MR) is 45.8 cm³/mol. The quantitative estimate of drug-likeness (QED) is 0.452. The molecule has 0 fully saturated rings. The Kier molecular flexibility index (Phi) is 1.38. The lowest BCUT2D eigenvalue weighted by Gasteiger charge is -2.15. The molecule has 0 spiro atoms. The van der Waals surface area contributed by atoms with Crippen molar-refractivity contribution in [3.8, 4) is 0 Å². The number of anilines is 1. The van der Waals surface area contributed by atoms with Crippen LogP contribution in [0.1, 0.15) is 22.8 Å². The van der Waals surface area contributed by atoms with Gasteiger partial charge in [0.2, 0.25) is 5.79 Å². The molecule has 68 valence electrons. The van der Waals surface area contributed by atoms with Crippen molar-refractivity contribution in [2.75, 3.05) is 5.73 Å². The van der Waals surface area contributed by atoms with Crippen LogP contribution in [-0.2, 0) is 10.5 Å². The van der Waals surface area contributed by atoms with E-state index in [1.54, 1.807) is 18.2 Å². The molecule has 1 unspecified atom stereocenters. The van der Waals surface area contributed by atoms with Gasteiger partial charge in [-0.15, -0.1) is 0 Å². The van der Waals surface area contributed by atoms with Crippen LogP contribution in [0.4, 0.5) is 5.69 Å². The summed E-state index contributed by atoms with van der Waals surface area (Å²) in [6.07, 6.45) is 0. The number of rotatable bonds is 0. The zero-order valence-corrected chi connectivity index (χ0v) is 7.07. The van der Waals surface area contributed by atoms with Gasteiger partial charge >= 0.3 is 5.97 Å². The summed E-state index contributed by atoms with van der Waals surface area (Å²) in [7, 11) is 0. The van der Waals surface area contributed by atoms with Gasteiger partial charge in [-0.1, -0.05) is 12.1 Å². The third kappa shape index (κ3) is 0.990. The highest BCUT2D eigenvalue weighted by Gasteiger charge is 2.40. The highest BCUT2D eigenvalue weighted by Crippen LogP contribution is 2.36. The molecule has 0 bridgehead atoms. The van der Waals surface area contributed by atoms with Gasteiger partial charge in [0.1, 0.15) is 0 Å². The second-order valence-electron chi connectivity index (χ2n) is 3.14. The molecule has 0 aliphatic carbocycles. The van der Waals surface area contributed by atoms with Crippen molar-refractivity contribution in [1.82, 2.24) is 0 Å². The van der Waals surface area contributed by atoms with E-state index in [0.717, 1.165) is 0 Å². The van der Waals surface area contributed by atoms with E-state index in [1.807, 2.05) is 0 Å². The fraction of sp³-hybridized carbons (Fsp3) is 0.222. The number of hydrogen-bond donors (Lipinski definition) is 2. The SMILES string of the molecule is CC1(O)OC(=O)c2c(N)cccc21. The summed E-state index contributed by atoms with van der Waals surface area (Å²) in [4.78, 5) is 11.2.